The molecule has 6 heteroatoms. The Kier molecular flexibility index (Phi) is 7.53. The van der Waals surface area contributed by atoms with Gasteiger partial charge in [-0.2, -0.15) is 0 Å². The van der Waals surface area contributed by atoms with Crippen molar-refractivity contribution in [2.75, 3.05) is 18.4 Å². The zero-order valence-corrected chi connectivity index (χ0v) is 14.8. The number of para-hydroxylation sites is 1. The number of benzene rings is 1. The molecule has 2 aliphatic heterocycles. The van der Waals surface area contributed by atoms with E-state index in [2.05, 4.69) is 4.90 Å². The van der Waals surface area contributed by atoms with Gasteiger partial charge in [0.15, 0.2) is 0 Å². The molecule has 0 N–H and O–H groups in total. The molecule has 0 aromatic heterocycles. The van der Waals surface area contributed by atoms with Gasteiger partial charge >= 0.3 is 7.55 Å². The van der Waals surface area contributed by atoms with E-state index in [1.807, 2.05) is 42.9 Å². The van der Waals surface area contributed by atoms with Crippen molar-refractivity contribution >= 4 is 25.0 Å². The number of fused-ring (bicyclic) bond motifs is 3. The van der Waals surface area contributed by atoms with E-state index >= 15 is 0 Å². The summed E-state index contributed by atoms with van der Waals surface area (Å²) in [6.45, 7) is 4.57. The third kappa shape index (κ3) is 3.26. The summed E-state index contributed by atoms with van der Waals surface area (Å²) in [5.74, 6) is 0.979. The van der Waals surface area contributed by atoms with Crippen LogP contribution in [-0.2, 0) is 32.7 Å². The quantitative estimate of drug-likeness (QED) is 0.538. The molecule has 3 rings (SSSR count). The van der Waals surface area contributed by atoms with Crippen LogP contribution in [0.25, 0.3) is 0 Å². The molecule has 0 atom stereocenters. The van der Waals surface area contributed by atoms with Crippen LogP contribution in [0.5, 0.6) is 0 Å². The van der Waals surface area contributed by atoms with Crippen LogP contribution in [0.1, 0.15) is 24.2 Å². The van der Waals surface area contributed by atoms with E-state index in [0.29, 0.717) is 6.54 Å². The number of hydrogen-bond donors (Lipinski definition) is 0. The monoisotopic (exact) mass is 332 g/mol. The average molecular weight is 332 g/mol. The SMILES string of the molecule is CC.CN1CC2=N[B]N2c2ccccc2C1=O.[CH3-].[Y]. The van der Waals surface area contributed by atoms with Crippen molar-refractivity contribution in [2.24, 2.45) is 4.90 Å². The van der Waals surface area contributed by atoms with Crippen molar-refractivity contribution in [3.63, 3.8) is 0 Å². The Morgan fingerprint density at radius 3 is 2.47 bits per heavy atom. The van der Waals surface area contributed by atoms with E-state index in [9.17, 15) is 4.79 Å². The van der Waals surface area contributed by atoms with Crippen LogP contribution < -0.4 is 4.81 Å². The number of amides is 1. The van der Waals surface area contributed by atoms with Crippen LogP contribution in [0.3, 0.4) is 0 Å². The molecule has 0 saturated heterocycles. The first kappa shape index (κ1) is 18.3. The first-order valence-corrected chi connectivity index (χ1v) is 5.81. The van der Waals surface area contributed by atoms with Gasteiger partial charge in [-0.3, -0.25) is 4.79 Å². The van der Waals surface area contributed by atoms with Gasteiger partial charge in [0.05, 0.1) is 17.9 Å². The number of nitrogens with zero attached hydrogens (tertiary/aromatic N) is 3. The zero-order chi connectivity index (χ0) is 12.4. The number of amidine groups is 1. The molecule has 2 heterocycles. The largest absolute Gasteiger partial charge is 0.418 e. The number of hydrogen-bond acceptors (Lipinski definition) is 3. The second-order valence-electron chi connectivity index (χ2n) is 3.71. The van der Waals surface area contributed by atoms with Gasteiger partial charge in [0.2, 0.25) is 0 Å². The topological polar surface area (TPSA) is 35.9 Å². The maximum atomic E-state index is 12.0. The molecule has 19 heavy (non-hydrogen) atoms. The minimum atomic E-state index is 0. The van der Waals surface area contributed by atoms with Crippen LogP contribution >= 0.6 is 0 Å². The van der Waals surface area contributed by atoms with Crippen LogP contribution in [0, 0.1) is 7.43 Å². The molecule has 0 spiro atoms. The molecule has 2 radical (unpaired) electrons. The molecule has 0 aliphatic carbocycles. The number of rotatable bonds is 0. The summed E-state index contributed by atoms with van der Waals surface area (Å²) in [7, 11) is 3.55. The molecule has 0 saturated carbocycles. The smallest absolute Gasteiger partial charge is 0.358 e. The average Bonchev–Trinajstić information content (AvgIpc) is 2.42. The van der Waals surface area contributed by atoms with Gasteiger partial charge in [0.1, 0.15) is 0 Å². The normalized spacial score (nSPS) is 14.7. The van der Waals surface area contributed by atoms with Crippen molar-refractivity contribution in [1.29, 1.82) is 0 Å². The molecule has 2 aliphatic rings. The standard InChI is InChI=1S/C10H9BN3O.C2H6.CH3.Y/c1-13-6-9-12-11-14(9)8-5-3-2-4-7(8)10(13)15;1-2;;/h2-5H,6H2,1H3;1-2H3;1H3;/q;;-1;. The van der Waals surface area contributed by atoms with Crippen LogP contribution in [0.2, 0.25) is 0 Å². The molecule has 0 fully saturated rings. The second-order valence-corrected chi connectivity index (χ2v) is 3.71. The Labute approximate surface area is 141 Å². The molecule has 0 bridgehead atoms. The fourth-order valence-corrected chi connectivity index (χ4v) is 1.87. The van der Waals surface area contributed by atoms with E-state index in [1.165, 1.54) is 0 Å². The van der Waals surface area contributed by atoms with Gasteiger partial charge in [-0.15, -0.1) is 0 Å². The summed E-state index contributed by atoms with van der Waals surface area (Å²) < 4.78 is 0. The predicted molar refractivity (Wildman–Crippen MR) is 76.8 cm³/mol. The van der Waals surface area contributed by atoms with E-state index in [0.717, 1.165) is 17.1 Å². The second kappa shape index (κ2) is 7.81. The van der Waals surface area contributed by atoms with Crippen molar-refractivity contribution in [3.8, 4) is 0 Å². The number of anilines is 1. The third-order valence-electron chi connectivity index (χ3n) is 2.72. The third-order valence-corrected chi connectivity index (χ3v) is 2.72. The summed E-state index contributed by atoms with van der Waals surface area (Å²) >= 11 is 0. The summed E-state index contributed by atoms with van der Waals surface area (Å²) in [6, 6.07) is 7.61. The van der Waals surface area contributed by atoms with Crippen LogP contribution in [0.4, 0.5) is 5.69 Å². The number of likely N-dealkylation sites (N-methyl/N-ethyl adjacent to an activating group) is 1. The van der Waals surface area contributed by atoms with E-state index in [-0.39, 0.29) is 46.0 Å². The Morgan fingerprint density at radius 1 is 1.26 bits per heavy atom. The van der Waals surface area contributed by atoms with Gasteiger partial charge in [-0.05, 0) is 12.1 Å². The predicted octanol–water partition coefficient (Wildman–Crippen LogP) is 2.00. The zero-order valence-electron chi connectivity index (χ0n) is 11.9. The molecular formula is C13H18BN3OY-. The molecular weight excluding hydrogens is 314 g/mol. The molecule has 0 unspecified atom stereocenters. The van der Waals surface area contributed by atoms with Gasteiger partial charge in [0, 0.05) is 45.4 Å². The maximum absolute atomic E-state index is 12.0. The first-order valence-electron chi connectivity index (χ1n) is 5.81. The molecule has 1 amide bonds. The van der Waals surface area contributed by atoms with Crippen molar-refractivity contribution in [3.05, 3.63) is 37.3 Å². The van der Waals surface area contributed by atoms with Gasteiger partial charge in [-0.25, -0.2) is 0 Å². The van der Waals surface area contributed by atoms with Gasteiger partial charge < -0.3 is 22.0 Å². The Bertz CT molecular complexity index is 479. The first-order chi connectivity index (χ1) is 8.27. The summed E-state index contributed by atoms with van der Waals surface area (Å²) in [5.41, 5.74) is 1.66. The Balaban J connectivity index is 0.000000776. The minimum Gasteiger partial charge on any atom is -0.358 e. The van der Waals surface area contributed by atoms with Crippen molar-refractivity contribution in [1.82, 2.24) is 4.90 Å². The van der Waals surface area contributed by atoms with Crippen LogP contribution in [0.15, 0.2) is 29.2 Å². The maximum Gasteiger partial charge on any atom is 0.418 e. The molecule has 1 aromatic carbocycles. The van der Waals surface area contributed by atoms with E-state index in [1.54, 1.807) is 19.5 Å². The van der Waals surface area contributed by atoms with Crippen LogP contribution in [-0.4, -0.2) is 37.8 Å². The Morgan fingerprint density at radius 2 is 1.89 bits per heavy atom. The fourth-order valence-electron chi connectivity index (χ4n) is 1.87. The fraction of sp³-hybridized carbons (Fsp3) is 0.308. The van der Waals surface area contributed by atoms with E-state index in [4.69, 9.17) is 0 Å². The number of carbonyl (C=O) groups excluding carboxylic acids is 1. The van der Waals surface area contributed by atoms with Crippen molar-refractivity contribution < 1.29 is 37.5 Å². The summed E-state index contributed by atoms with van der Waals surface area (Å²) in [6.07, 6.45) is 0. The van der Waals surface area contributed by atoms with Crippen molar-refractivity contribution in [2.45, 2.75) is 13.8 Å². The van der Waals surface area contributed by atoms with Gasteiger partial charge in [-0.1, -0.05) is 26.0 Å². The van der Waals surface area contributed by atoms with Gasteiger partial charge in [0.25, 0.3) is 5.91 Å². The molecule has 1 aromatic rings. The number of carbonyl (C=O) groups is 1. The summed E-state index contributed by atoms with van der Waals surface area (Å²) in [4.78, 5) is 19.8. The van der Waals surface area contributed by atoms with E-state index < -0.39 is 0 Å². The molecule has 98 valence electrons. The molecule has 4 nitrogen and oxygen atoms in total. The summed E-state index contributed by atoms with van der Waals surface area (Å²) in [5, 5.41) is 0. The minimum absolute atomic E-state index is 0. The Hall–Kier alpha value is -0.671.